The Morgan fingerprint density at radius 3 is 2.60 bits per heavy atom. The second kappa shape index (κ2) is 14.7. The summed E-state index contributed by atoms with van der Waals surface area (Å²) in [4.78, 5) is 26.1. The van der Waals surface area contributed by atoms with Crippen molar-refractivity contribution >= 4 is 41.5 Å². The number of benzene rings is 1. The van der Waals surface area contributed by atoms with Gasteiger partial charge in [0.15, 0.2) is 5.82 Å². The van der Waals surface area contributed by atoms with Crippen molar-refractivity contribution in [3.8, 4) is 5.75 Å². The van der Waals surface area contributed by atoms with Gasteiger partial charge in [-0.1, -0.05) is 38.0 Å². The summed E-state index contributed by atoms with van der Waals surface area (Å²) in [5, 5.41) is 3.63. The average Bonchev–Trinajstić information content (AvgIpc) is 3.36. The number of nitrogens with two attached hydrogens (primary N) is 1. The number of hydrogen-bond donors (Lipinski definition) is 2. The van der Waals surface area contributed by atoms with Crippen molar-refractivity contribution in [1.29, 1.82) is 0 Å². The first-order valence-electron chi connectivity index (χ1n) is 14.6. The fourth-order valence-electron chi connectivity index (χ4n) is 4.72. The predicted molar refractivity (Wildman–Crippen MR) is 166 cm³/mol. The number of carbonyl (C=O) groups is 1. The molecule has 3 atom stereocenters. The average molecular weight is 613 g/mol. The van der Waals surface area contributed by atoms with Crippen LogP contribution in [0, 0.1) is 0 Å². The van der Waals surface area contributed by atoms with Crippen molar-refractivity contribution in [3.05, 3.63) is 54.6 Å². The van der Waals surface area contributed by atoms with Gasteiger partial charge < -0.3 is 24.3 Å². The molecule has 232 valence electrons. The Morgan fingerprint density at radius 1 is 1.12 bits per heavy atom. The zero-order chi connectivity index (χ0) is 31.0. The Kier molecular flexibility index (Phi) is 11.1. The molecular formula is C30H41N6O6P. The number of esters is 1. The van der Waals surface area contributed by atoms with E-state index in [4.69, 9.17) is 29.2 Å². The molecule has 4 rings (SSSR count). The van der Waals surface area contributed by atoms with E-state index in [2.05, 4.69) is 26.5 Å². The molecule has 13 heteroatoms. The van der Waals surface area contributed by atoms with Gasteiger partial charge in [-0.05, 0) is 52.3 Å². The molecule has 3 aromatic heterocycles. The van der Waals surface area contributed by atoms with Crippen LogP contribution in [0.25, 0.3) is 21.9 Å². The van der Waals surface area contributed by atoms with Crippen molar-refractivity contribution in [1.82, 2.24) is 24.6 Å². The molecule has 0 spiro atoms. The number of para-hydroxylation sites is 1. The highest BCUT2D eigenvalue weighted by Gasteiger charge is 2.34. The zero-order valence-electron chi connectivity index (χ0n) is 25.4. The molecule has 4 aromatic rings. The maximum atomic E-state index is 14.2. The molecule has 1 aromatic carbocycles. The highest BCUT2D eigenvalue weighted by molar-refractivity contribution is 7.52. The summed E-state index contributed by atoms with van der Waals surface area (Å²) in [5.74, 6) is 0.606. The van der Waals surface area contributed by atoms with Gasteiger partial charge in [0.2, 0.25) is 0 Å². The van der Waals surface area contributed by atoms with Crippen LogP contribution in [0.1, 0.15) is 65.7 Å². The SMILES string of the molecule is CCCC[C@@H](COP(=O)(N[C@@H](C)C(=O)OC(C)C)Oc1cccnc1)n1c(COCC)nc2c(N)nc3ccccc3c21. The summed E-state index contributed by atoms with van der Waals surface area (Å²) in [6, 6.07) is 9.68. The molecule has 0 aliphatic carbocycles. The molecule has 3 N–H and O–H groups in total. The summed E-state index contributed by atoms with van der Waals surface area (Å²) < 4.78 is 39.4. The number of unbranched alkanes of at least 4 members (excludes halogenated alkanes) is 1. The highest BCUT2D eigenvalue weighted by atomic mass is 31.2. The minimum atomic E-state index is -4.13. The van der Waals surface area contributed by atoms with E-state index >= 15 is 0 Å². The molecule has 0 aliphatic rings. The van der Waals surface area contributed by atoms with E-state index in [0.717, 1.165) is 29.3 Å². The Labute approximate surface area is 251 Å². The summed E-state index contributed by atoms with van der Waals surface area (Å²) in [6.07, 6.45) is 5.12. The van der Waals surface area contributed by atoms with Gasteiger partial charge in [-0.2, -0.15) is 5.09 Å². The lowest BCUT2D eigenvalue weighted by Crippen LogP contribution is -2.36. The molecule has 0 saturated heterocycles. The van der Waals surface area contributed by atoms with Crippen LogP contribution in [-0.2, 0) is 30.0 Å². The third-order valence-electron chi connectivity index (χ3n) is 6.67. The number of rotatable bonds is 16. The predicted octanol–water partition coefficient (Wildman–Crippen LogP) is 5.96. The van der Waals surface area contributed by atoms with Gasteiger partial charge in [0.1, 0.15) is 29.7 Å². The number of nitrogen functional groups attached to an aromatic ring is 1. The topological polar surface area (TPSA) is 153 Å². The van der Waals surface area contributed by atoms with Crippen LogP contribution in [0.2, 0.25) is 0 Å². The molecule has 12 nitrogen and oxygen atoms in total. The third kappa shape index (κ3) is 8.08. The van der Waals surface area contributed by atoms with Gasteiger partial charge in [0.25, 0.3) is 0 Å². The lowest BCUT2D eigenvalue weighted by atomic mass is 10.1. The second-order valence-electron chi connectivity index (χ2n) is 10.5. The smallest absolute Gasteiger partial charge is 0.459 e. The number of imidazole rings is 1. The molecule has 0 amide bonds. The molecule has 0 radical (unpaired) electrons. The third-order valence-corrected chi connectivity index (χ3v) is 8.32. The van der Waals surface area contributed by atoms with Gasteiger partial charge in [0.05, 0.1) is 36.0 Å². The Morgan fingerprint density at radius 2 is 1.91 bits per heavy atom. The number of nitrogens with zero attached hydrogens (tertiary/aromatic N) is 4. The Bertz CT molecular complexity index is 1560. The fourth-order valence-corrected chi connectivity index (χ4v) is 6.24. The number of anilines is 1. The van der Waals surface area contributed by atoms with Crippen molar-refractivity contribution in [2.24, 2.45) is 0 Å². The molecule has 1 unspecified atom stereocenters. The largest absolute Gasteiger partial charge is 0.462 e. The van der Waals surface area contributed by atoms with Crippen LogP contribution in [0.5, 0.6) is 5.75 Å². The summed E-state index contributed by atoms with van der Waals surface area (Å²) >= 11 is 0. The van der Waals surface area contributed by atoms with Crippen molar-refractivity contribution in [2.45, 2.75) is 78.7 Å². The first-order chi connectivity index (χ1) is 20.7. The minimum absolute atomic E-state index is 0.0301. The molecule has 3 heterocycles. The van der Waals surface area contributed by atoms with Crippen LogP contribution < -0.4 is 15.3 Å². The number of fused-ring (bicyclic) bond motifs is 3. The number of ether oxygens (including phenoxy) is 2. The van der Waals surface area contributed by atoms with Crippen LogP contribution in [0.15, 0.2) is 48.8 Å². The number of nitrogens with one attached hydrogen (secondary N) is 1. The van der Waals surface area contributed by atoms with E-state index < -0.39 is 19.8 Å². The zero-order valence-corrected chi connectivity index (χ0v) is 26.3. The van der Waals surface area contributed by atoms with Crippen LogP contribution in [0.3, 0.4) is 0 Å². The highest BCUT2D eigenvalue weighted by Crippen LogP contribution is 2.46. The van der Waals surface area contributed by atoms with E-state index in [1.54, 1.807) is 39.1 Å². The van der Waals surface area contributed by atoms with Crippen molar-refractivity contribution in [2.75, 3.05) is 18.9 Å². The summed E-state index contributed by atoms with van der Waals surface area (Å²) in [5.41, 5.74) is 8.49. The monoisotopic (exact) mass is 612 g/mol. The van der Waals surface area contributed by atoms with Crippen LogP contribution in [-0.4, -0.2) is 50.8 Å². The van der Waals surface area contributed by atoms with Crippen LogP contribution >= 0.6 is 7.75 Å². The quantitative estimate of drug-likeness (QED) is 0.114. The van der Waals surface area contributed by atoms with Gasteiger partial charge >= 0.3 is 13.7 Å². The lowest BCUT2D eigenvalue weighted by molar-refractivity contribution is -0.149. The van der Waals surface area contributed by atoms with E-state index in [1.807, 2.05) is 31.2 Å². The molecule has 0 bridgehead atoms. The second-order valence-corrected chi connectivity index (χ2v) is 12.1. The number of carbonyl (C=O) groups excluding carboxylic acids is 1. The maximum Gasteiger partial charge on any atom is 0.459 e. The van der Waals surface area contributed by atoms with Crippen molar-refractivity contribution in [3.63, 3.8) is 0 Å². The van der Waals surface area contributed by atoms with Gasteiger partial charge in [0, 0.05) is 18.2 Å². The van der Waals surface area contributed by atoms with Crippen molar-refractivity contribution < 1.29 is 27.9 Å². The van der Waals surface area contributed by atoms with Gasteiger partial charge in [-0.25, -0.2) is 14.5 Å². The molecule has 43 heavy (non-hydrogen) atoms. The first-order valence-corrected chi connectivity index (χ1v) is 16.1. The Hall–Kier alpha value is -3.57. The summed E-state index contributed by atoms with van der Waals surface area (Å²) in [7, 11) is -4.13. The fraction of sp³-hybridized carbons (Fsp3) is 0.467. The number of hydrogen-bond acceptors (Lipinski definition) is 10. The van der Waals surface area contributed by atoms with Crippen LogP contribution in [0.4, 0.5) is 5.82 Å². The normalized spacial score (nSPS) is 14.6. The number of pyridine rings is 2. The van der Waals surface area contributed by atoms with Gasteiger partial charge in [-0.3, -0.25) is 14.3 Å². The van der Waals surface area contributed by atoms with E-state index in [1.165, 1.54) is 6.20 Å². The lowest BCUT2D eigenvalue weighted by Gasteiger charge is -2.27. The maximum absolute atomic E-state index is 14.2. The molecule has 0 fully saturated rings. The first kappa shape index (κ1) is 32.3. The van der Waals surface area contributed by atoms with E-state index in [9.17, 15) is 9.36 Å². The summed E-state index contributed by atoms with van der Waals surface area (Å²) in [6.45, 7) is 9.75. The molecular weight excluding hydrogens is 571 g/mol. The Balaban J connectivity index is 1.76. The van der Waals surface area contributed by atoms with Gasteiger partial charge in [-0.15, -0.1) is 0 Å². The van der Waals surface area contributed by atoms with E-state index in [0.29, 0.717) is 30.2 Å². The molecule has 0 aliphatic heterocycles. The standard InChI is InChI=1S/C30H41N6O6P/c1-6-8-12-22(18-40-43(38,42-23-13-11-16-32-17-23)35-21(5)30(37)41-20(3)4)36-26(19-39-7-2)34-27-28(36)24-14-9-10-15-25(24)33-29(27)31/h9-11,13-17,20-22H,6-8,12,18-19H2,1-5H3,(H2,31,33)(H,35,38)/t21-,22-,43?/m0/s1. The minimum Gasteiger partial charge on any atom is -0.462 e. The van der Waals surface area contributed by atoms with E-state index in [-0.39, 0.29) is 31.1 Å². The molecule has 0 saturated carbocycles. The number of aromatic nitrogens is 4.